The molecule has 0 saturated heterocycles. The van der Waals surface area contributed by atoms with E-state index in [0.717, 1.165) is 11.1 Å². The molecule has 1 aliphatic heterocycles. The second kappa shape index (κ2) is 6.50. The quantitative estimate of drug-likeness (QED) is 0.712. The lowest BCUT2D eigenvalue weighted by molar-refractivity contribution is -0.136. The van der Waals surface area contributed by atoms with E-state index in [0.29, 0.717) is 27.8 Å². The van der Waals surface area contributed by atoms with E-state index in [1.807, 2.05) is 48.5 Å². The summed E-state index contributed by atoms with van der Waals surface area (Å²) in [4.78, 5) is 12.1. The normalized spacial score (nSPS) is 16.0. The maximum Gasteiger partial charge on any atom is 0.337 e. The van der Waals surface area contributed by atoms with Gasteiger partial charge in [-0.2, -0.15) is 0 Å². The van der Waals surface area contributed by atoms with Gasteiger partial charge < -0.3 is 9.47 Å². The van der Waals surface area contributed by atoms with Crippen molar-refractivity contribution < 1.29 is 14.3 Å². The molecule has 124 valence electrons. The van der Waals surface area contributed by atoms with Gasteiger partial charge in [0.2, 0.25) is 0 Å². The highest BCUT2D eigenvalue weighted by Gasteiger charge is 2.45. The van der Waals surface area contributed by atoms with Crippen LogP contribution in [0.5, 0.6) is 0 Å². The topological polar surface area (TPSA) is 35.5 Å². The molecule has 5 heteroatoms. The van der Waals surface area contributed by atoms with Crippen LogP contribution < -0.4 is 0 Å². The number of benzene rings is 2. The van der Waals surface area contributed by atoms with Gasteiger partial charge in [-0.25, -0.2) is 4.79 Å². The van der Waals surface area contributed by atoms with Crippen molar-refractivity contribution in [2.45, 2.75) is 18.9 Å². The fourth-order valence-electron chi connectivity index (χ4n) is 3.00. The number of esters is 1. The molecule has 24 heavy (non-hydrogen) atoms. The molecule has 3 rings (SSSR count). The number of ether oxygens (including phenoxy) is 2. The molecule has 0 bridgehead atoms. The average Bonchev–Trinajstić information content (AvgIpc) is 2.94. The Morgan fingerprint density at radius 2 is 1.46 bits per heavy atom. The number of rotatable bonds is 3. The van der Waals surface area contributed by atoms with Gasteiger partial charge in [0.1, 0.15) is 5.76 Å². The number of methoxy groups -OCH3 is 1. The van der Waals surface area contributed by atoms with Crippen molar-refractivity contribution in [1.29, 1.82) is 0 Å². The number of carbonyl (C=O) groups excluding carboxylic acids is 1. The first-order valence-corrected chi connectivity index (χ1v) is 8.21. The zero-order valence-electron chi connectivity index (χ0n) is 13.3. The molecule has 2 aromatic carbocycles. The van der Waals surface area contributed by atoms with E-state index >= 15 is 0 Å². The van der Waals surface area contributed by atoms with Crippen LogP contribution in [-0.2, 0) is 19.9 Å². The van der Waals surface area contributed by atoms with E-state index in [2.05, 4.69) is 0 Å². The molecule has 0 radical (unpaired) electrons. The molecule has 1 heterocycles. The predicted octanol–water partition coefficient (Wildman–Crippen LogP) is 5.10. The van der Waals surface area contributed by atoms with Gasteiger partial charge in [0.25, 0.3) is 0 Å². The number of carbonyl (C=O) groups is 1. The third-order valence-corrected chi connectivity index (χ3v) is 4.73. The maximum absolute atomic E-state index is 12.1. The van der Waals surface area contributed by atoms with Crippen LogP contribution >= 0.6 is 23.2 Å². The zero-order valence-corrected chi connectivity index (χ0v) is 14.8. The molecule has 0 atom stereocenters. The summed E-state index contributed by atoms with van der Waals surface area (Å²) >= 11 is 12.0. The summed E-state index contributed by atoms with van der Waals surface area (Å²) in [6, 6.07) is 14.9. The molecular formula is C19H16Cl2O3. The Morgan fingerprint density at radius 1 is 1.00 bits per heavy atom. The summed E-state index contributed by atoms with van der Waals surface area (Å²) < 4.78 is 11.1. The number of hydrogen-bond donors (Lipinski definition) is 0. The van der Waals surface area contributed by atoms with Crippen molar-refractivity contribution in [3.63, 3.8) is 0 Å². The Hall–Kier alpha value is -1.97. The Balaban J connectivity index is 2.12. The summed E-state index contributed by atoms with van der Waals surface area (Å²) in [5, 5.41) is 1.28. The molecule has 1 aliphatic rings. The highest BCUT2D eigenvalue weighted by atomic mass is 35.5. The first-order valence-electron chi connectivity index (χ1n) is 7.45. The van der Waals surface area contributed by atoms with Crippen molar-refractivity contribution in [2.24, 2.45) is 0 Å². The van der Waals surface area contributed by atoms with Gasteiger partial charge in [-0.15, -0.1) is 0 Å². The van der Waals surface area contributed by atoms with E-state index in [1.54, 1.807) is 6.92 Å². The lowest BCUT2D eigenvalue weighted by Crippen LogP contribution is -2.27. The molecule has 0 spiro atoms. The summed E-state index contributed by atoms with van der Waals surface area (Å²) in [6.45, 7) is 1.78. The lowest BCUT2D eigenvalue weighted by Gasteiger charge is -2.31. The monoisotopic (exact) mass is 362 g/mol. The summed E-state index contributed by atoms with van der Waals surface area (Å²) in [5.74, 6) is 0.184. The molecule has 0 fully saturated rings. The second-order valence-corrected chi connectivity index (χ2v) is 6.52. The van der Waals surface area contributed by atoms with Gasteiger partial charge in [-0.3, -0.25) is 0 Å². The standard InChI is InChI=1S/C19H16Cl2O3/c1-12-17(18(22)23-2)11-19(24-12,13-3-7-15(20)8-4-13)14-5-9-16(21)10-6-14/h3-10H,11H2,1-2H3. The fraction of sp³-hybridized carbons (Fsp3) is 0.211. The highest BCUT2D eigenvalue weighted by molar-refractivity contribution is 6.30. The van der Waals surface area contributed by atoms with Crippen molar-refractivity contribution in [2.75, 3.05) is 7.11 Å². The van der Waals surface area contributed by atoms with E-state index < -0.39 is 5.60 Å². The molecule has 3 nitrogen and oxygen atoms in total. The van der Waals surface area contributed by atoms with Gasteiger partial charge in [0.15, 0.2) is 5.60 Å². The van der Waals surface area contributed by atoms with Gasteiger partial charge in [0.05, 0.1) is 12.7 Å². The largest absolute Gasteiger partial charge is 0.482 e. The summed E-state index contributed by atoms with van der Waals surface area (Å²) in [5.41, 5.74) is 1.55. The van der Waals surface area contributed by atoms with Crippen LogP contribution in [0, 0.1) is 0 Å². The Morgan fingerprint density at radius 3 is 1.88 bits per heavy atom. The third kappa shape index (κ3) is 2.90. The molecule has 0 aromatic heterocycles. The lowest BCUT2D eigenvalue weighted by atomic mass is 9.82. The molecule has 0 unspecified atom stereocenters. The number of hydrogen-bond acceptors (Lipinski definition) is 3. The van der Waals surface area contributed by atoms with Gasteiger partial charge in [-0.1, -0.05) is 47.5 Å². The van der Waals surface area contributed by atoms with E-state index in [9.17, 15) is 4.79 Å². The van der Waals surface area contributed by atoms with E-state index in [-0.39, 0.29) is 5.97 Å². The first kappa shape index (κ1) is 16.9. The molecule has 0 amide bonds. The molecule has 2 aromatic rings. The van der Waals surface area contributed by atoms with Crippen LogP contribution in [0.2, 0.25) is 10.0 Å². The van der Waals surface area contributed by atoms with Crippen molar-refractivity contribution in [1.82, 2.24) is 0 Å². The summed E-state index contributed by atoms with van der Waals surface area (Å²) in [6.07, 6.45) is 0.384. The summed E-state index contributed by atoms with van der Waals surface area (Å²) in [7, 11) is 1.37. The Kier molecular flexibility index (Phi) is 4.57. The average molecular weight is 363 g/mol. The maximum atomic E-state index is 12.1. The predicted molar refractivity (Wildman–Crippen MR) is 94.1 cm³/mol. The van der Waals surface area contributed by atoms with Crippen LogP contribution in [0.25, 0.3) is 0 Å². The second-order valence-electron chi connectivity index (χ2n) is 5.65. The van der Waals surface area contributed by atoms with E-state index in [1.165, 1.54) is 7.11 Å². The first-order chi connectivity index (χ1) is 11.5. The smallest absolute Gasteiger partial charge is 0.337 e. The minimum atomic E-state index is -0.803. The van der Waals surface area contributed by atoms with Crippen molar-refractivity contribution >= 4 is 29.2 Å². The van der Waals surface area contributed by atoms with Gasteiger partial charge in [-0.05, 0) is 31.2 Å². The van der Waals surface area contributed by atoms with Crippen molar-refractivity contribution in [3.05, 3.63) is 81.0 Å². The molecule has 0 N–H and O–H groups in total. The van der Waals surface area contributed by atoms with Crippen LogP contribution in [0.4, 0.5) is 0 Å². The molecule has 0 aliphatic carbocycles. The van der Waals surface area contributed by atoms with Crippen LogP contribution in [-0.4, -0.2) is 13.1 Å². The van der Waals surface area contributed by atoms with E-state index in [4.69, 9.17) is 32.7 Å². The number of halogens is 2. The van der Waals surface area contributed by atoms with Crippen LogP contribution in [0.3, 0.4) is 0 Å². The van der Waals surface area contributed by atoms with Gasteiger partial charge in [0, 0.05) is 27.6 Å². The fourth-order valence-corrected chi connectivity index (χ4v) is 3.25. The highest BCUT2D eigenvalue weighted by Crippen LogP contribution is 2.47. The molecule has 0 saturated carbocycles. The number of allylic oxidation sites excluding steroid dienone is 1. The van der Waals surface area contributed by atoms with Gasteiger partial charge >= 0.3 is 5.97 Å². The Labute approximate surface area is 150 Å². The van der Waals surface area contributed by atoms with Crippen LogP contribution in [0.15, 0.2) is 59.9 Å². The SMILES string of the molecule is COC(=O)C1=C(C)OC(c2ccc(Cl)cc2)(c2ccc(Cl)cc2)C1. The minimum Gasteiger partial charge on any atom is -0.482 e. The van der Waals surface area contributed by atoms with Crippen molar-refractivity contribution in [3.8, 4) is 0 Å². The third-order valence-electron chi connectivity index (χ3n) is 4.23. The Bertz CT molecular complexity index is 747. The van der Waals surface area contributed by atoms with Crippen LogP contribution in [0.1, 0.15) is 24.5 Å². The zero-order chi connectivity index (χ0) is 17.3. The minimum absolute atomic E-state index is 0.377. The molecular weight excluding hydrogens is 347 g/mol.